The molecular formula is C30H39F5O4. The second-order valence-corrected chi connectivity index (χ2v) is 10.0. The lowest BCUT2D eigenvalue weighted by Gasteiger charge is -2.25. The fourth-order valence-corrected chi connectivity index (χ4v) is 4.61. The van der Waals surface area contributed by atoms with E-state index in [1.165, 1.54) is 32.1 Å². The third-order valence-corrected chi connectivity index (χ3v) is 6.97. The molecule has 0 aromatic heterocycles. The molecule has 0 aliphatic heterocycles. The van der Waals surface area contributed by atoms with Crippen LogP contribution in [0, 0.1) is 35.0 Å². The minimum atomic E-state index is -2.32. The molecule has 0 amide bonds. The molecule has 2 aromatic rings. The Kier molecular flexibility index (Phi) is 14.4. The molecule has 0 saturated carbocycles. The van der Waals surface area contributed by atoms with Gasteiger partial charge in [0.1, 0.15) is 0 Å². The van der Waals surface area contributed by atoms with E-state index in [1.807, 2.05) is 30.3 Å². The number of carboxylic acid groups (broad SMARTS) is 1. The molecule has 9 heteroatoms. The normalized spacial score (nSPS) is 13.8. The van der Waals surface area contributed by atoms with Crippen molar-refractivity contribution in [2.24, 2.45) is 5.92 Å². The van der Waals surface area contributed by atoms with Crippen molar-refractivity contribution in [1.82, 2.24) is 0 Å². The van der Waals surface area contributed by atoms with Crippen LogP contribution < -0.4 is 0 Å². The second kappa shape index (κ2) is 17.2. The lowest BCUT2D eigenvalue weighted by atomic mass is 9.89. The topological polar surface area (TPSA) is 66.8 Å². The van der Waals surface area contributed by atoms with Crippen LogP contribution in [0.2, 0.25) is 0 Å². The van der Waals surface area contributed by atoms with E-state index >= 15 is 0 Å². The fraction of sp³-hybridized carbons (Fsp3) is 0.567. The van der Waals surface area contributed by atoms with Gasteiger partial charge in [0.05, 0.1) is 24.7 Å². The highest BCUT2D eigenvalue weighted by atomic mass is 19.2. The van der Waals surface area contributed by atoms with Crippen LogP contribution >= 0.6 is 0 Å². The van der Waals surface area contributed by atoms with Gasteiger partial charge in [-0.25, -0.2) is 22.0 Å². The summed E-state index contributed by atoms with van der Waals surface area (Å²) in [7, 11) is 0. The molecule has 0 saturated heterocycles. The minimum absolute atomic E-state index is 0.170. The van der Waals surface area contributed by atoms with Gasteiger partial charge in [0.15, 0.2) is 23.3 Å². The van der Waals surface area contributed by atoms with Crippen molar-refractivity contribution in [2.75, 3.05) is 0 Å². The predicted molar refractivity (Wildman–Crippen MR) is 139 cm³/mol. The summed E-state index contributed by atoms with van der Waals surface area (Å²) in [6.45, 7) is 2.38. The van der Waals surface area contributed by atoms with Crippen LogP contribution in [-0.4, -0.2) is 28.4 Å². The molecule has 4 nitrogen and oxygen atoms in total. The van der Waals surface area contributed by atoms with Crippen LogP contribution in [0.4, 0.5) is 22.0 Å². The quantitative estimate of drug-likeness (QED) is 0.0797. The van der Waals surface area contributed by atoms with Gasteiger partial charge in [-0.3, -0.25) is 4.79 Å². The minimum Gasteiger partial charge on any atom is -0.481 e. The smallest absolute Gasteiger partial charge is 0.309 e. The molecule has 0 radical (unpaired) electrons. The summed E-state index contributed by atoms with van der Waals surface area (Å²) in [5, 5.41) is 20.4. The molecule has 39 heavy (non-hydrogen) atoms. The molecule has 3 atom stereocenters. The number of hydrogen-bond donors (Lipinski definition) is 2. The zero-order valence-electron chi connectivity index (χ0n) is 22.4. The number of carbonyl (C=O) groups is 1. The summed E-state index contributed by atoms with van der Waals surface area (Å²) in [5.74, 6) is -14.3. The highest BCUT2D eigenvalue weighted by Gasteiger charge is 2.34. The number of hydrogen-bond acceptors (Lipinski definition) is 3. The first-order valence-electron chi connectivity index (χ1n) is 13.7. The summed E-state index contributed by atoms with van der Waals surface area (Å²) in [6, 6.07) is 9.25. The Labute approximate surface area is 227 Å². The molecular weight excluding hydrogens is 519 g/mol. The van der Waals surface area contributed by atoms with Gasteiger partial charge in [0.2, 0.25) is 5.82 Å². The van der Waals surface area contributed by atoms with Crippen LogP contribution in [0.5, 0.6) is 0 Å². The zero-order valence-corrected chi connectivity index (χ0v) is 22.4. The molecule has 0 unspecified atom stereocenters. The maximum absolute atomic E-state index is 14.2. The largest absolute Gasteiger partial charge is 0.481 e. The Bertz CT molecular complexity index is 989. The van der Waals surface area contributed by atoms with Crippen molar-refractivity contribution in [2.45, 2.75) is 103 Å². The van der Waals surface area contributed by atoms with E-state index in [0.717, 1.165) is 31.2 Å². The monoisotopic (exact) mass is 558 g/mol. The number of aliphatic hydroxyl groups is 1. The van der Waals surface area contributed by atoms with E-state index in [4.69, 9.17) is 4.74 Å². The van der Waals surface area contributed by atoms with Crippen LogP contribution in [0.25, 0.3) is 0 Å². The van der Waals surface area contributed by atoms with E-state index < -0.39 is 65.2 Å². The first-order valence-corrected chi connectivity index (χ1v) is 13.7. The Balaban J connectivity index is 2.04. The number of halogens is 5. The van der Waals surface area contributed by atoms with Crippen LogP contribution in [0.15, 0.2) is 30.3 Å². The Hall–Kier alpha value is -2.52. The Morgan fingerprint density at radius 3 is 1.85 bits per heavy atom. The van der Waals surface area contributed by atoms with Crippen molar-refractivity contribution >= 4 is 5.97 Å². The number of unbranched alkanes of at least 4 members (excludes halogenated alkanes) is 8. The molecule has 2 rings (SSSR count). The fourth-order valence-electron chi connectivity index (χ4n) is 4.61. The van der Waals surface area contributed by atoms with Gasteiger partial charge in [0.25, 0.3) is 0 Å². The van der Waals surface area contributed by atoms with E-state index in [1.54, 1.807) is 0 Å². The number of benzene rings is 2. The van der Waals surface area contributed by atoms with E-state index in [9.17, 15) is 37.0 Å². The maximum Gasteiger partial charge on any atom is 0.309 e. The zero-order chi connectivity index (χ0) is 28.8. The molecule has 0 spiro atoms. The molecule has 0 fully saturated rings. The SMILES string of the molecule is CCCCCCCCCCC[C@H](C[C@H](O)[C@H](Cc1c(F)c(F)c(F)c(F)c1F)C(=O)O)OCc1ccccc1. The van der Waals surface area contributed by atoms with E-state index in [2.05, 4.69) is 6.92 Å². The van der Waals surface area contributed by atoms with Crippen molar-refractivity contribution in [3.63, 3.8) is 0 Å². The average Bonchev–Trinajstić information content (AvgIpc) is 2.93. The van der Waals surface area contributed by atoms with Gasteiger partial charge < -0.3 is 14.9 Å². The third kappa shape index (κ3) is 10.5. The lowest BCUT2D eigenvalue weighted by molar-refractivity contribution is -0.146. The summed E-state index contributed by atoms with van der Waals surface area (Å²) < 4.78 is 75.1. The van der Waals surface area contributed by atoms with Crippen LogP contribution in [-0.2, 0) is 22.6 Å². The number of rotatable bonds is 19. The third-order valence-electron chi connectivity index (χ3n) is 6.97. The number of aliphatic hydroxyl groups excluding tert-OH is 1. The lowest BCUT2D eigenvalue weighted by Crippen LogP contribution is -2.34. The van der Waals surface area contributed by atoms with Gasteiger partial charge >= 0.3 is 5.97 Å². The predicted octanol–water partition coefficient (Wildman–Crippen LogP) is 7.88. The summed E-state index contributed by atoms with van der Waals surface area (Å²) in [4.78, 5) is 11.9. The highest BCUT2D eigenvalue weighted by Crippen LogP contribution is 2.28. The summed E-state index contributed by atoms with van der Waals surface area (Å²) in [6.07, 6.45) is 7.00. The average molecular weight is 559 g/mol. The van der Waals surface area contributed by atoms with Crippen molar-refractivity contribution < 1.29 is 41.7 Å². The highest BCUT2D eigenvalue weighted by molar-refractivity contribution is 5.71. The molecule has 2 N–H and O–H groups in total. The first kappa shape index (κ1) is 32.7. The van der Waals surface area contributed by atoms with Gasteiger partial charge in [0, 0.05) is 12.0 Å². The second-order valence-electron chi connectivity index (χ2n) is 10.0. The van der Waals surface area contributed by atoms with Gasteiger partial charge in [-0.05, 0) is 18.4 Å². The van der Waals surface area contributed by atoms with Gasteiger partial charge in [-0.15, -0.1) is 0 Å². The molecule has 2 aromatic carbocycles. The van der Waals surface area contributed by atoms with Crippen LogP contribution in [0.3, 0.4) is 0 Å². The van der Waals surface area contributed by atoms with Crippen molar-refractivity contribution in [1.29, 1.82) is 0 Å². The molecule has 0 heterocycles. The molecule has 0 aliphatic rings. The Morgan fingerprint density at radius 1 is 0.795 bits per heavy atom. The van der Waals surface area contributed by atoms with Gasteiger partial charge in [-0.2, -0.15) is 0 Å². The number of ether oxygens (including phenoxy) is 1. The number of aliphatic carboxylic acids is 1. The molecule has 0 aliphatic carbocycles. The van der Waals surface area contributed by atoms with Crippen molar-refractivity contribution in [3.8, 4) is 0 Å². The van der Waals surface area contributed by atoms with E-state index in [0.29, 0.717) is 6.42 Å². The van der Waals surface area contributed by atoms with Crippen molar-refractivity contribution in [3.05, 3.63) is 70.5 Å². The van der Waals surface area contributed by atoms with Crippen LogP contribution in [0.1, 0.15) is 88.7 Å². The first-order chi connectivity index (χ1) is 18.7. The summed E-state index contributed by atoms with van der Waals surface area (Å²) >= 11 is 0. The molecule has 218 valence electrons. The standard InChI is InChI=1S/C30H39F5O4/c1-2-3-4-5-6-7-8-9-13-16-21(39-19-20-14-11-10-12-15-20)17-24(36)22(30(37)38)18-23-25(31)27(33)29(35)28(34)26(23)32/h10-12,14-15,21-22,24,36H,2-9,13,16-19H2,1H3,(H,37,38)/t21-,22+,24+/m1/s1. The van der Waals surface area contributed by atoms with Gasteiger partial charge in [-0.1, -0.05) is 95.0 Å². The molecule has 0 bridgehead atoms. The Morgan fingerprint density at radius 2 is 1.31 bits per heavy atom. The maximum atomic E-state index is 14.2. The number of carboxylic acids is 1. The summed E-state index contributed by atoms with van der Waals surface area (Å²) in [5.41, 5.74) is -0.390. The van der Waals surface area contributed by atoms with E-state index in [-0.39, 0.29) is 13.0 Å².